The topological polar surface area (TPSA) is 66.4 Å². The molecule has 0 aliphatic heterocycles. The number of amides is 1. The number of hydrogen-bond donors (Lipinski definition) is 2. The first-order valence-corrected chi connectivity index (χ1v) is 7.51. The highest BCUT2D eigenvalue weighted by Gasteiger charge is 2.46. The van der Waals surface area contributed by atoms with Crippen LogP contribution in [0.25, 0.3) is 0 Å². The second-order valence-electron chi connectivity index (χ2n) is 5.27. The summed E-state index contributed by atoms with van der Waals surface area (Å²) in [6, 6.07) is 4.63. The highest BCUT2D eigenvalue weighted by molar-refractivity contribution is 9.10. The van der Waals surface area contributed by atoms with E-state index in [4.69, 9.17) is 11.6 Å². The van der Waals surface area contributed by atoms with E-state index in [1.165, 1.54) is 0 Å². The Morgan fingerprint density at radius 1 is 1.50 bits per heavy atom. The standard InChI is InChI=1S/C14H15BrClNO3/c1-14(13(19)20)6-2-3-11(14)17-12(18)9-7-8(15)4-5-10(9)16/h4-5,7,11H,2-3,6H2,1H3,(H,17,18)(H,19,20). The summed E-state index contributed by atoms with van der Waals surface area (Å²) in [5, 5.41) is 12.5. The Labute approximate surface area is 130 Å². The van der Waals surface area contributed by atoms with Crippen LogP contribution >= 0.6 is 27.5 Å². The molecule has 0 spiro atoms. The van der Waals surface area contributed by atoms with E-state index < -0.39 is 11.4 Å². The average molecular weight is 361 g/mol. The van der Waals surface area contributed by atoms with Crippen LogP contribution in [0.3, 0.4) is 0 Å². The molecule has 6 heteroatoms. The molecule has 1 amide bonds. The molecule has 0 bridgehead atoms. The molecule has 2 unspecified atom stereocenters. The molecule has 0 saturated heterocycles. The van der Waals surface area contributed by atoms with Crippen molar-refractivity contribution >= 4 is 39.4 Å². The summed E-state index contributed by atoms with van der Waals surface area (Å²) in [5.74, 6) is -1.21. The first kappa shape index (κ1) is 15.3. The molecule has 0 heterocycles. The quantitative estimate of drug-likeness (QED) is 0.867. The largest absolute Gasteiger partial charge is 0.481 e. The Hall–Kier alpha value is -1.07. The van der Waals surface area contributed by atoms with Crippen LogP contribution in [0, 0.1) is 5.41 Å². The van der Waals surface area contributed by atoms with Crippen molar-refractivity contribution < 1.29 is 14.7 Å². The summed E-state index contributed by atoms with van der Waals surface area (Å²) in [5.41, 5.74) is -0.561. The van der Waals surface area contributed by atoms with Crippen molar-refractivity contribution in [2.24, 2.45) is 5.41 Å². The van der Waals surface area contributed by atoms with E-state index in [1.807, 2.05) is 0 Å². The van der Waals surface area contributed by atoms with Crippen molar-refractivity contribution in [3.8, 4) is 0 Å². The van der Waals surface area contributed by atoms with Crippen LogP contribution in [0.4, 0.5) is 0 Å². The first-order valence-electron chi connectivity index (χ1n) is 6.34. The molecule has 20 heavy (non-hydrogen) atoms. The van der Waals surface area contributed by atoms with Crippen molar-refractivity contribution in [3.63, 3.8) is 0 Å². The van der Waals surface area contributed by atoms with Gasteiger partial charge >= 0.3 is 5.97 Å². The summed E-state index contributed by atoms with van der Waals surface area (Å²) < 4.78 is 0.750. The molecule has 2 N–H and O–H groups in total. The van der Waals surface area contributed by atoms with E-state index in [1.54, 1.807) is 25.1 Å². The summed E-state index contributed by atoms with van der Waals surface area (Å²) in [4.78, 5) is 23.7. The Balaban J connectivity index is 2.19. The van der Waals surface area contributed by atoms with E-state index in [9.17, 15) is 14.7 Å². The van der Waals surface area contributed by atoms with Gasteiger partial charge in [-0.25, -0.2) is 0 Å². The molecular weight excluding hydrogens is 346 g/mol. The number of rotatable bonds is 3. The molecule has 1 aliphatic carbocycles. The molecule has 0 radical (unpaired) electrons. The zero-order valence-corrected chi connectivity index (χ0v) is 13.3. The number of nitrogens with one attached hydrogen (secondary N) is 1. The van der Waals surface area contributed by atoms with Gasteiger partial charge in [0.15, 0.2) is 0 Å². The minimum Gasteiger partial charge on any atom is -0.481 e. The molecule has 0 aromatic heterocycles. The molecule has 1 aliphatic rings. The predicted molar refractivity (Wildman–Crippen MR) is 80.0 cm³/mol. The number of carbonyl (C=O) groups excluding carboxylic acids is 1. The summed E-state index contributed by atoms with van der Waals surface area (Å²) in [7, 11) is 0. The van der Waals surface area contributed by atoms with Crippen molar-refractivity contribution in [3.05, 3.63) is 33.3 Å². The fourth-order valence-electron chi connectivity index (χ4n) is 2.56. The molecule has 1 aromatic carbocycles. The second kappa shape index (κ2) is 5.74. The van der Waals surface area contributed by atoms with E-state index in [0.717, 1.165) is 10.9 Å². The van der Waals surface area contributed by atoms with E-state index in [2.05, 4.69) is 21.2 Å². The van der Waals surface area contributed by atoms with Gasteiger partial charge in [0.2, 0.25) is 0 Å². The highest BCUT2D eigenvalue weighted by Crippen LogP contribution is 2.38. The molecule has 1 saturated carbocycles. The zero-order valence-electron chi connectivity index (χ0n) is 11.0. The number of carbonyl (C=O) groups is 2. The smallest absolute Gasteiger partial charge is 0.311 e. The minimum atomic E-state index is -0.909. The molecular formula is C14H15BrClNO3. The fourth-order valence-corrected chi connectivity index (χ4v) is 3.13. The van der Waals surface area contributed by atoms with Gasteiger partial charge in [-0.1, -0.05) is 34.0 Å². The van der Waals surface area contributed by atoms with Crippen LogP contribution in [-0.2, 0) is 4.79 Å². The maximum atomic E-state index is 12.3. The molecule has 1 fully saturated rings. The van der Waals surface area contributed by atoms with Gasteiger partial charge in [-0.15, -0.1) is 0 Å². The van der Waals surface area contributed by atoms with Gasteiger partial charge in [-0.2, -0.15) is 0 Å². The number of carboxylic acids is 1. The van der Waals surface area contributed by atoms with Gasteiger partial charge in [-0.3, -0.25) is 9.59 Å². The Kier molecular flexibility index (Phi) is 4.39. The van der Waals surface area contributed by atoms with Gasteiger partial charge in [-0.05, 0) is 38.0 Å². The van der Waals surface area contributed by atoms with Gasteiger partial charge < -0.3 is 10.4 Å². The Bertz CT molecular complexity index is 563. The maximum absolute atomic E-state index is 12.3. The van der Waals surface area contributed by atoms with Crippen molar-refractivity contribution in [2.45, 2.75) is 32.2 Å². The fraction of sp³-hybridized carbons (Fsp3) is 0.429. The average Bonchev–Trinajstić information content (AvgIpc) is 2.75. The van der Waals surface area contributed by atoms with Gasteiger partial charge in [0.25, 0.3) is 5.91 Å². The van der Waals surface area contributed by atoms with E-state index >= 15 is 0 Å². The van der Waals surface area contributed by atoms with Crippen LogP contribution in [0.2, 0.25) is 5.02 Å². The molecule has 4 nitrogen and oxygen atoms in total. The normalized spacial score (nSPS) is 25.4. The molecule has 108 valence electrons. The number of halogens is 2. The van der Waals surface area contributed by atoms with Crippen LogP contribution < -0.4 is 5.32 Å². The van der Waals surface area contributed by atoms with E-state index in [-0.39, 0.29) is 11.9 Å². The van der Waals surface area contributed by atoms with Crippen molar-refractivity contribution in [2.75, 3.05) is 0 Å². The summed E-state index contributed by atoms with van der Waals surface area (Å²) in [6.07, 6.45) is 2.03. The van der Waals surface area contributed by atoms with Gasteiger partial charge in [0.05, 0.1) is 16.0 Å². The van der Waals surface area contributed by atoms with E-state index in [0.29, 0.717) is 23.4 Å². The third-order valence-electron chi connectivity index (χ3n) is 3.92. The monoisotopic (exact) mass is 359 g/mol. The zero-order chi connectivity index (χ0) is 14.9. The lowest BCUT2D eigenvalue weighted by Crippen LogP contribution is -2.47. The summed E-state index contributed by atoms with van der Waals surface area (Å²) in [6.45, 7) is 1.68. The van der Waals surface area contributed by atoms with Crippen LogP contribution in [0.1, 0.15) is 36.5 Å². The lowest BCUT2D eigenvalue weighted by molar-refractivity contribution is -0.148. The lowest BCUT2D eigenvalue weighted by atomic mass is 9.85. The van der Waals surface area contributed by atoms with Crippen molar-refractivity contribution in [1.82, 2.24) is 5.32 Å². The number of carboxylic acid groups (broad SMARTS) is 1. The maximum Gasteiger partial charge on any atom is 0.311 e. The number of hydrogen-bond acceptors (Lipinski definition) is 2. The van der Waals surface area contributed by atoms with Crippen LogP contribution in [0.15, 0.2) is 22.7 Å². The SMILES string of the molecule is CC1(C(=O)O)CCCC1NC(=O)c1cc(Br)ccc1Cl. The van der Waals surface area contributed by atoms with Gasteiger partial charge in [0, 0.05) is 10.5 Å². The minimum absolute atomic E-state index is 0.337. The third-order valence-corrected chi connectivity index (χ3v) is 4.75. The first-order chi connectivity index (χ1) is 9.34. The molecule has 1 aromatic rings. The third kappa shape index (κ3) is 2.83. The second-order valence-corrected chi connectivity index (χ2v) is 6.59. The Morgan fingerprint density at radius 2 is 2.20 bits per heavy atom. The van der Waals surface area contributed by atoms with Crippen molar-refractivity contribution in [1.29, 1.82) is 0 Å². The highest BCUT2D eigenvalue weighted by atomic mass is 79.9. The number of aliphatic carboxylic acids is 1. The molecule has 2 rings (SSSR count). The van der Waals surface area contributed by atoms with Gasteiger partial charge in [0.1, 0.15) is 0 Å². The number of benzene rings is 1. The predicted octanol–water partition coefficient (Wildman–Crippen LogP) is 3.48. The van der Waals surface area contributed by atoms with Crippen LogP contribution in [0.5, 0.6) is 0 Å². The summed E-state index contributed by atoms with van der Waals surface area (Å²) >= 11 is 9.30. The van der Waals surface area contributed by atoms with Crippen LogP contribution in [-0.4, -0.2) is 23.0 Å². The Morgan fingerprint density at radius 3 is 2.85 bits per heavy atom. The molecule has 2 atom stereocenters. The lowest BCUT2D eigenvalue weighted by Gasteiger charge is -2.27.